The molecule has 1 aromatic heterocycles. The van der Waals surface area contributed by atoms with Gasteiger partial charge < -0.3 is 14.5 Å². The van der Waals surface area contributed by atoms with Gasteiger partial charge >= 0.3 is 0 Å². The summed E-state index contributed by atoms with van der Waals surface area (Å²) in [5.41, 5.74) is 5.54. The average molecular weight is 487 g/mol. The van der Waals surface area contributed by atoms with Crippen LogP contribution in [0.1, 0.15) is 65.3 Å². The Morgan fingerprint density at radius 3 is 2.25 bits per heavy atom. The summed E-state index contributed by atoms with van der Waals surface area (Å²) in [6.07, 6.45) is 3.81. The van der Waals surface area contributed by atoms with Crippen LogP contribution in [0, 0.1) is 13.8 Å². The molecule has 0 spiro atoms. The number of nitrogens with zero attached hydrogens (tertiary/aromatic N) is 4. The Labute approximate surface area is 215 Å². The topological polar surface area (TPSA) is 58.6 Å². The van der Waals surface area contributed by atoms with E-state index in [4.69, 9.17) is 14.7 Å². The summed E-state index contributed by atoms with van der Waals surface area (Å²) in [6, 6.07) is 16.2. The Morgan fingerprint density at radius 1 is 0.917 bits per heavy atom. The van der Waals surface area contributed by atoms with Gasteiger partial charge in [-0.1, -0.05) is 50.1 Å². The lowest BCUT2D eigenvalue weighted by Crippen LogP contribution is -2.49. The van der Waals surface area contributed by atoms with Gasteiger partial charge in [-0.3, -0.25) is 4.79 Å². The van der Waals surface area contributed by atoms with E-state index in [-0.39, 0.29) is 5.91 Å². The summed E-state index contributed by atoms with van der Waals surface area (Å²) in [5.74, 6) is 2.70. The number of hydrogen-bond donors (Lipinski definition) is 0. The number of unbranched alkanes of at least 4 members (excludes halogenated alkanes) is 1. The third kappa shape index (κ3) is 6.23. The minimum absolute atomic E-state index is 0.0720. The Morgan fingerprint density at radius 2 is 1.61 bits per heavy atom. The predicted octanol–water partition coefficient (Wildman–Crippen LogP) is 5.39. The summed E-state index contributed by atoms with van der Waals surface area (Å²) in [4.78, 5) is 27.1. The van der Waals surface area contributed by atoms with Crippen LogP contribution in [0.15, 0.2) is 48.5 Å². The van der Waals surface area contributed by atoms with Crippen molar-refractivity contribution < 1.29 is 9.53 Å². The van der Waals surface area contributed by atoms with Gasteiger partial charge in [0.1, 0.15) is 17.4 Å². The molecule has 0 N–H and O–H groups in total. The molecule has 1 aliphatic rings. The molecule has 6 heteroatoms. The van der Waals surface area contributed by atoms with Crippen molar-refractivity contribution in [2.45, 2.75) is 53.4 Å². The normalized spacial score (nSPS) is 13.7. The van der Waals surface area contributed by atoms with Gasteiger partial charge in [0.25, 0.3) is 5.91 Å². The highest BCUT2D eigenvalue weighted by atomic mass is 16.5. The number of hydrogen-bond acceptors (Lipinski definition) is 5. The van der Waals surface area contributed by atoms with Crippen molar-refractivity contribution in [2.75, 3.05) is 37.7 Å². The Bertz CT molecular complexity index is 1150. The quantitative estimate of drug-likeness (QED) is 0.380. The highest BCUT2D eigenvalue weighted by molar-refractivity contribution is 5.94. The first-order chi connectivity index (χ1) is 17.5. The van der Waals surface area contributed by atoms with Crippen molar-refractivity contribution in [2.24, 2.45) is 0 Å². The van der Waals surface area contributed by atoms with Gasteiger partial charge in [-0.05, 0) is 56.5 Å². The number of aryl methyl sites for hydroxylation is 3. The number of carbonyl (C=O) groups is 1. The van der Waals surface area contributed by atoms with E-state index < -0.39 is 0 Å². The van der Waals surface area contributed by atoms with Crippen LogP contribution >= 0.6 is 0 Å². The lowest BCUT2D eigenvalue weighted by Gasteiger charge is -2.36. The largest absolute Gasteiger partial charge is 0.494 e. The summed E-state index contributed by atoms with van der Waals surface area (Å²) in [7, 11) is 0. The molecule has 0 radical (unpaired) electrons. The molecule has 4 rings (SSSR count). The number of benzene rings is 2. The minimum atomic E-state index is 0.0720. The first-order valence-electron chi connectivity index (χ1n) is 13.2. The smallest absolute Gasteiger partial charge is 0.253 e. The van der Waals surface area contributed by atoms with Gasteiger partial charge in [-0.2, -0.15) is 0 Å². The van der Waals surface area contributed by atoms with E-state index in [9.17, 15) is 4.79 Å². The number of rotatable bonds is 9. The molecular weight excluding hydrogens is 448 g/mol. The van der Waals surface area contributed by atoms with Crippen LogP contribution in [-0.2, 0) is 12.8 Å². The summed E-state index contributed by atoms with van der Waals surface area (Å²) < 4.78 is 5.73. The van der Waals surface area contributed by atoms with Crippen molar-refractivity contribution in [3.05, 3.63) is 82.3 Å². The molecule has 0 unspecified atom stereocenters. The molecule has 0 bridgehead atoms. The number of amides is 1. The van der Waals surface area contributed by atoms with Gasteiger partial charge in [0.15, 0.2) is 0 Å². The molecule has 2 heterocycles. The highest BCUT2D eigenvalue weighted by Crippen LogP contribution is 2.26. The Kier molecular flexibility index (Phi) is 8.57. The van der Waals surface area contributed by atoms with E-state index in [0.717, 1.165) is 61.9 Å². The monoisotopic (exact) mass is 486 g/mol. The van der Waals surface area contributed by atoms with Gasteiger partial charge in [-0.15, -0.1) is 0 Å². The second-order valence-electron chi connectivity index (χ2n) is 9.54. The van der Waals surface area contributed by atoms with Crippen molar-refractivity contribution in [3.63, 3.8) is 0 Å². The SMILES string of the molecule is CCCCOc1ccc(C(=O)N2CCN(c3nc(C)nc(CC)c3Cc3ccc(C)cc3)CC2)cc1. The molecule has 190 valence electrons. The number of piperazine rings is 1. The zero-order valence-electron chi connectivity index (χ0n) is 22.1. The third-order valence-corrected chi connectivity index (χ3v) is 6.75. The fraction of sp³-hybridized carbons (Fsp3) is 0.433. The fourth-order valence-electron chi connectivity index (χ4n) is 4.61. The van der Waals surface area contributed by atoms with Crippen LogP contribution in [0.2, 0.25) is 0 Å². The van der Waals surface area contributed by atoms with Gasteiger partial charge in [0.2, 0.25) is 0 Å². The molecule has 0 saturated carbocycles. The lowest BCUT2D eigenvalue weighted by atomic mass is 10.0. The Hall–Kier alpha value is -3.41. The van der Waals surface area contributed by atoms with Gasteiger partial charge in [0, 0.05) is 49.4 Å². The second-order valence-corrected chi connectivity index (χ2v) is 9.54. The zero-order valence-corrected chi connectivity index (χ0v) is 22.1. The maximum absolute atomic E-state index is 13.1. The predicted molar refractivity (Wildman–Crippen MR) is 145 cm³/mol. The molecule has 6 nitrogen and oxygen atoms in total. The minimum Gasteiger partial charge on any atom is -0.494 e. The van der Waals surface area contributed by atoms with Crippen molar-refractivity contribution >= 4 is 11.7 Å². The van der Waals surface area contributed by atoms with Crippen LogP contribution in [0.3, 0.4) is 0 Å². The third-order valence-electron chi connectivity index (χ3n) is 6.75. The highest BCUT2D eigenvalue weighted by Gasteiger charge is 2.26. The zero-order chi connectivity index (χ0) is 25.5. The molecule has 0 atom stereocenters. The molecule has 3 aromatic rings. The maximum atomic E-state index is 13.1. The second kappa shape index (κ2) is 12.0. The average Bonchev–Trinajstić information content (AvgIpc) is 2.91. The van der Waals surface area contributed by atoms with Crippen LogP contribution in [0.25, 0.3) is 0 Å². The van der Waals surface area contributed by atoms with Crippen LogP contribution < -0.4 is 9.64 Å². The number of ether oxygens (including phenoxy) is 1. The standard InChI is InChI=1S/C30H38N4O2/c1-5-7-20-36-26-14-12-25(13-15-26)30(35)34-18-16-33(17-19-34)29-27(28(6-2)31-23(4)32-29)21-24-10-8-22(3)9-11-24/h8-15H,5-7,16-21H2,1-4H3. The molecule has 1 saturated heterocycles. The van der Waals surface area contributed by atoms with Crippen LogP contribution in [0.5, 0.6) is 5.75 Å². The fourth-order valence-corrected chi connectivity index (χ4v) is 4.61. The molecular formula is C30H38N4O2. The maximum Gasteiger partial charge on any atom is 0.253 e. The summed E-state index contributed by atoms with van der Waals surface area (Å²) in [5, 5.41) is 0. The molecule has 0 aliphatic carbocycles. The molecule has 2 aromatic carbocycles. The Balaban J connectivity index is 1.45. The van der Waals surface area contributed by atoms with Crippen molar-refractivity contribution in [3.8, 4) is 5.75 Å². The van der Waals surface area contributed by atoms with Crippen molar-refractivity contribution in [1.82, 2.24) is 14.9 Å². The van der Waals surface area contributed by atoms with Crippen LogP contribution in [-0.4, -0.2) is 53.6 Å². The van der Waals surface area contributed by atoms with Gasteiger partial charge in [-0.25, -0.2) is 9.97 Å². The number of aromatic nitrogens is 2. The van der Waals surface area contributed by atoms with E-state index in [1.54, 1.807) is 0 Å². The first-order valence-corrected chi connectivity index (χ1v) is 13.2. The summed E-state index contributed by atoms with van der Waals surface area (Å²) >= 11 is 0. The molecule has 1 aliphatic heterocycles. The molecule has 1 amide bonds. The van der Waals surface area contributed by atoms with Gasteiger partial charge in [0.05, 0.1) is 6.61 Å². The number of anilines is 1. The lowest BCUT2D eigenvalue weighted by molar-refractivity contribution is 0.0746. The van der Waals surface area contributed by atoms with E-state index in [0.29, 0.717) is 25.3 Å². The van der Waals surface area contributed by atoms with Crippen molar-refractivity contribution in [1.29, 1.82) is 0 Å². The molecule has 36 heavy (non-hydrogen) atoms. The van der Waals surface area contributed by atoms with E-state index in [1.165, 1.54) is 16.7 Å². The number of carbonyl (C=O) groups excluding carboxylic acids is 1. The van der Waals surface area contributed by atoms with E-state index in [1.807, 2.05) is 36.1 Å². The van der Waals surface area contributed by atoms with E-state index >= 15 is 0 Å². The van der Waals surface area contributed by atoms with Crippen LogP contribution in [0.4, 0.5) is 5.82 Å². The van der Waals surface area contributed by atoms with E-state index in [2.05, 4.69) is 49.9 Å². The summed E-state index contributed by atoms with van der Waals surface area (Å²) in [6.45, 7) is 11.9. The first kappa shape index (κ1) is 25.7. The molecule has 1 fully saturated rings.